The van der Waals surface area contributed by atoms with Crippen LogP contribution in [0.1, 0.15) is 32.3 Å². The zero-order chi connectivity index (χ0) is 18.6. The fourth-order valence-electron chi connectivity index (χ4n) is 3.27. The molecule has 1 aromatic carbocycles. The number of aliphatic imine (C=N–C) groups is 1. The highest BCUT2D eigenvalue weighted by molar-refractivity contribution is 14.0. The van der Waals surface area contributed by atoms with Crippen molar-refractivity contribution >= 4 is 29.9 Å². The van der Waals surface area contributed by atoms with Gasteiger partial charge in [-0.25, -0.2) is 4.99 Å². The van der Waals surface area contributed by atoms with E-state index in [1.54, 1.807) is 6.08 Å². The van der Waals surface area contributed by atoms with Crippen LogP contribution in [0.5, 0.6) is 5.75 Å². The van der Waals surface area contributed by atoms with Crippen LogP contribution < -0.4 is 15.4 Å². The highest BCUT2D eigenvalue weighted by Gasteiger charge is 2.21. The summed E-state index contributed by atoms with van der Waals surface area (Å²) >= 11 is 0. The third-order valence-corrected chi connectivity index (χ3v) is 4.55. The third kappa shape index (κ3) is 8.51. The first-order chi connectivity index (χ1) is 12.8. The normalized spacial score (nSPS) is 17.3. The molecule has 0 aliphatic carbocycles. The van der Waals surface area contributed by atoms with Gasteiger partial charge >= 0.3 is 0 Å². The monoisotopic (exact) mass is 486 g/mol. The van der Waals surface area contributed by atoms with Gasteiger partial charge in [0, 0.05) is 25.2 Å². The number of rotatable bonds is 10. The second-order valence-electron chi connectivity index (χ2n) is 6.74. The molecule has 5 nitrogen and oxygen atoms in total. The lowest BCUT2D eigenvalue weighted by Gasteiger charge is -2.17. The molecule has 152 valence electrons. The molecule has 1 aliphatic rings. The molecular formula is C21H35IN4O. The molecule has 0 radical (unpaired) electrons. The van der Waals surface area contributed by atoms with Gasteiger partial charge in [0.1, 0.15) is 12.4 Å². The first-order valence-electron chi connectivity index (χ1n) is 9.82. The molecule has 1 unspecified atom stereocenters. The van der Waals surface area contributed by atoms with Crippen molar-refractivity contribution < 1.29 is 4.74 Å². The average molecular weight is 486 g/mol. The molecule has 1 saturated heterocycles. The maximum atomic E-state index is 5.72. The predicted molar refractivity (Wildman–Crippen MR) is 125 cm³/mol. The minimum atomic E-state index is 0. The van der Waals surface area contributed by atoms with Crippen LogP contribution in [0.4, 0.5) is 0 Å². The highest BCUT2D eigenvalue weighted by atomic mass is 127. The zero-order valence-electron chi connectivity index (χ0n) is 16.7. The smallest absolute Gasteiger partial charge is 0.191 e. The number of guanidine groups is 1. The van der Waals surface area contributed by atoms with Gasteiger partial charge in [-0.3, -0.25) is 0 Å². The molecule has 1 heterocycles. The number of para-hydroxylation sites is 1. The molecule has 27 heavy (non-hydrogen) atoms. The Bertz CT molecular complexity index is 579. The summed E-state index contributed by atoms with van der Waals surface area (Å²) in [5, 5.41) is 6.86. The summed E-state index contributed by atoms with van der Waals surface area (Å²) in [4.78, 5) is 7.30. The Morgan fingerprint density at radius 2 is 2.15 bits per heavy atom. The van der Waals surface area contributed by atoms with E-state index >= 15 is 0 Å². The number of likely N-dealkylation sites (tertiary alicyclic amines) is 1. The van der Waals surface area contributed by atoms with Crippen molar-refractivity contribution in [2.24, 2.45) is 10.9 Å². The van der Waals surface area contributed by atoms with E-state index in [0.717, 1.165) is 30.4 Å². The summed E-state index contributed by atoms with van der Waals surface area (Å²) in [5.41, 5.74) is 1.08. The number of hydrogen-bond donors (Lipinski definition) is 2. The van der Waals surface area contributed by atoms with E-state index in [9.17, 15) is 0 Å². The molecule has 0 bridgehead atoms. The molecule has 0 saturated carbocycles. The van der Waals surface area contributed by atoms with Crippen molar-refractivity contribution in [3.8, 4) is 5.75 Å². The number of benzene rings is 1. The van der Waals surface area contributed by atoms with Crippen LogP contribution in [-0.2, 0) is 6.54 Å². The average Bonchev–Trinajstić information content (AvgIpc) is 3.11. The molecule has 2 rings (SSSR count). The van der Waals surface area contributed by atoms with E-state index in [2.05, 4.69) is 42.0 Å². The molecule has 1 atom stereocenters. The quantitative estimate of drug-likeness (QED) is 0.230. The molecule has 2 N–H and O–H groups in total. The topological polar surface area (TPSA) is 48.9 Å². The van der Waals surface area contributed by atoms with Gasteiger partial charge < -0.3 is 20.3 Å². The summed E-state index contributed by atoms with van der Waals surface area (Å²) in [6.07, 6.45) is 4.26. The van der Waals surface area contributed by atoms with Crippen LogP contribution >= 0.6 is 24.0 Å². The molecule has 1 aromatic rings. The van der Waals surface area contributed by atoms with Gasteiger partial charge in [0.2, 0.25) is 0 Å². The Labute approximate surface area is 181 Å². The highest BCUT2D eigenvalue weighted by Crippen LogP contribution is 2.19. The van der Waals surface area contributed by atoms with Crippen molar-refractivity contribution in [2.45, 2.75) is 33.2 Å². The molecular weight excluding hydrogens is 451 g/mol. The first-order valence-corrected chi connectivity index (χ1v) is 9.82. The van der Waals surface area contributed by atoms with Crippen LogP contribution in [0.15, 0.2) is 41.9 Å². The van der Waals surface area contributed by atoms with E-state index in [1.807, 2.05) is 18.2 Å². The van der Waals surface area contributed by atoms with Gasteiger partial charge in [0.15, 0.2) is 5.96 Å². The predicted octanol–water partition coefficient (Wildman–Crippen LogP) is 3.66. The lowest BCUT2D eigenvalue weighted by molar-refractivity contribution is 0.324. The largest absolute Gasteiger partial charge is 0.489 e. The minimum absolute atomic E-state index is 0. The molecule has 1 fully saturated rings. The van der Waals surface area contributed by atoms with Crippen LogP contribution in [-0.4, -0.2) is 50.2 Å². The Kier molecular flexibility index (Phi) is 12.2. The Morgan fingerprint density at radius 3 is 2.89 bits per heavy atom. The fourth-order valence-corrected chi connectivity index (χ4v) is 3.27. The number of ether oxygens (including phenoxy) is 1. The van der Waals surface area contributed by atoms with E-state index < -0.39 is 0 Å². The van der Waals surface area contributed by atoms with Gasteiger partial charge in [0.25, 0.3) is 0 Å². The summed E-state index contributed by atoms with van der Waals surface area (Å²) < 4.78 is 5.72. The van der Waals surface area contributed by atoms with Crippen molar-refractivity contribution in [1.82, 2.24) is 15.5 Å². The van der Waals surface area contributed by atoms with Crippen LogP contribution in [0.2, 0.25) is 0 Å². The molecule has 0 aromatic heterocycles. The number of nitrogens with one attached hydrogen (secondary N) is 2. The summed E-state index contributed by atoms with van der Waals surface area (Å²) in [7, 11) is 0. The summed E-state index contributed by atoms with van der Waals surface area (Å²) in [6, 6.07) is 8.05. The minimum Gasteiger partial charge on any atom is -0.489 e. The second-order valence-corrected chi connectivity index (χ2v) is 6.74. The third-order valence-electron chi connectivity index (χ3n) is 4.55. The number of hydrogen-bond acceptors (Lipinski definition) is 3. The standard InChI is InChI=1S/C21H34N4O.HI/c1-4-12-25-13-11-18(17-25)15-23-21(22-6-3)24-16-19-9-7-8-10-20(19)26-14-5-2;/h5,7-10,18H,2,4,6,11-17H2,1,3H3,(H2,22,23,24);1H. The van der Waals surface area contributed by atoms with Crippen molar-refractivity contribution in [3.63, 3.8) is 0 Å². The number of halogens is 1. The molecule has 1 aliphatic heterocycles. The van der Waals surface area contributed by atoms with E-state index in [0.29, 0.717) is 19.1 Å². The Morgan fingerprint density at radius 1 is 1.33 bits per heavy atom. The van der Waals surface area contributed by atoms with Crippen LogP contribution in [0.3, 0.4) is 0 Å². The fraction of sp³-hybridized carbons (Fsp3) is 0.571. The van der Waals surface area contributed by atoms with Gasteiger partial charge in [-0.2, -0.15) is 0 Å². The van der Waals surface area contributed by atoms with Crippen molar-refractivity contribution in [3.05, 3.63) is 42.5 Å². The summed E-state index contributed by atoms with van der Waals surface area (Å²) in [5.74, 6) is 2.45. The van der Waals surface area contributed by atoms with Gasteiger partial charge in [-0.05, 0) is 44.8 Å². The van der Waals surface area contributed by atoms with Crippen molar-refractivity contribution in [1.29, 1.82) is 0 Å². The van der Waals surface area contributed by atoms with Crippen LogP contribution in [0, 0.1) is 5.92 Å². The maximum Gasteiger partial charge on any atom is 0.191 e. The number of nitrogens with zero attached hydrogens (tertiary/aromatic N) is 2. The lowest BCUT2D eigenvalue weighted by Crippen LogP contribution is -2.40. The molecule has 0 spiro atoms. The Hall–Kier alpha value is -1.28. The van der Waals surface area contributed by atoms with E-state index in [-0.39, 0.29) is 24.0 Å². The van der Waals surface area contributed by atoms with E-state index in [4.69, 9.17) is 9.73 Å². The van der Waals surface area contributed by atoms with Crippen LogP contribution in [0.25, 0.3) is 0 Å². The van der Waals surface area contributed by atoms with Gasteiger partial charge in [-0.15, -0.1) is 24.0 Å². The second kappa shape index (κ2) is 13.8. The maximum absolute atomic E-state index is 5.72. The van der Waals surface area contributed by atoms with E-state index in [1.165, 1.54) is 32.5 Å². The molecule has 0 amide bonds. The van der Waals surface area contributed by atoms with Gasteiger partial charge in [-0.1, -0.05) is 37.8 Å². The van der Waals surface area contributed by atoms with Gasteiger partial charge in [0.05, 0.1) is 6.54 Å². The Balaban J connectivity index is 0.00000364. The SMILES string of the molecule is C=CCOc1ccccc1CN=C(NCC)NCC1CCN(CCC)C1.I. The summed E-state index contributed by atoms with van der Waals surface area (Å²) in [6.45, 7) is 14.6. The van der Waals surface area contributed by atoms with Crippen molar-refractivity contribution in [2.75, 3.05) is 39.3 Å². The molecule has 6 heteroatoms. The first kappa shape index (κ1) is 23.8. The lowest BCUT2D eigenvalue weighted by atomic mass is 10.1. The zero-order valence-corrected chi connectivity index (χ0v) is 19.1.